The van der Waals surface area contributed by atoms with E-state index in [1.54, 1.807) is 0 Å². The number of hydrogen-bond acceptors (Lipinski definition) is 35. The summed E-state index contributed by atoms with van der Waals surface area (Å²) >= 11 is 0. The second-order valence-corrected chi connectivity index (χ2v) is 22.6. The van der Waals surface area contributed by atoms with Gasteiger partial charge in [-0.1, -0.05) is 0 Å². The predicted molar refractivity (Wildman–Crippen MR) is 275 cm³/mol. The van der Waals surface area contributed by atoms with E-state index in [9.17, 15) is 124 Å². The number of carbonyl (C=O) groups is 5. The van der Waals surface area contributed by atoms with E-state index < -0.39 is 276 Å². The van der Waals surface area contributed by atoms with Crippen LogP contribution in [0.15, 0.2) is 0 Å². The highest BCUT2D eigenvalue weighted by Crippen LogP contribution is 2.39. The van der Waals surface area contributed by atoms with Crippen molar-refractivity contribution in [2.45, 2.75) is 217 Å². The van der Waals surface area contributed by atoms with Crippen molar-refractivity contribution < 1.29 is 180 Å². The van der Waals surface area contributed by atoms with Gasteiger partial charge in [0.25, 0.3) is 5.79 Å². The predicted octanol–water partition coefficient (Wildman–Crippen LogP) is -14.9. The van der Waals surface area contributed by atoms with Gasteiger partial charge >= 0.3 is 16.4 Å². The van der Waals surface area contributed by atoms with Gasteiger partial charge in [-0.3, -0.25) is 23.7 Å². The Bertz CT molecular complexity index is 2430. The van der Waals surface area contributed by atoms with Crippen molar-refractivity contribution in [1.29, 1.82) is 0 Å². The van der Waals surface area contributed by atoms with Gasteiger partial charge in [0.2, 0.25) is 23.6 Å². The van der Waals surface area contributed by atoms with E-state index in [1.807, 2.05) is 0 Å². The Morgan fingerprint density at radius 3 is 1.55 bits per heavy atom. The highest BCUT2D eigenvalue weighted by molar-refractivity contribution is 7.80. The van der Waals surface area contributed by atoms with E-state index in [2.05, 4.69) is 25.5 Å². The number of carboxylic acids is 1. The second-order valence-electron chi connectivity index (χ2n) is 21.5. The van der Waals surface area contributed by atoms with Crippen molar-refractivity contribution in [2.24, 2.45) is 0 Å². The van der Waals surface area contributed by atoms with Crippen molar-refractivity contribution in [2.75, 3.05) is 46.2 Å². The van der Waals surface area contributed by atoms with Gasteiger partial charge in [-0.2, -0.15) is 8.42 Å². The molecule has 41 nitrogen and oxygen atoms in total. The summed E-state index contributed by atoms with van der Waals surface area (Å²) in [6, 6.07) is -7.24. The lowest BCUT2D eigenvalue weighted by Crippen LogP contribution is -2.71. The lowest BCUT2D eigenvalue weighted by molar-refractivity contribution is -0.384. The lowest BCUT2D eigenvalue weighted by atomic mass is 9.88. The van der Waals surface area contributed by atoms with Gasteiger partial charge < -0.3 is 161 Å². The van der Waals surface area contributed by atoms with Crippen LogP contribution in [0, 0.1) is 0 Å². The summed E-state index contributed by atoms with van der Waals surface area (Å²) in [6.07, 6.45) is -54.2. The molecule has 5 heterocycles. The smallest absolute Gasteiger partial charge is 0.397 e. The van der Waals surface area contributed by atoms with Crippen LogP contribution in [0.4, 0.5) is 0 Å². The van der Waals surface area contributed by atoms with Crippen molar-refractivity contribution in [1.82, 2.24) is 21.3 Å². The molecule has 5 aliphatic heterocycles. The Morgan fingerprint density at radius 2 is 1.07 bits per heavy atom. The van der Waals surface area contributed by atoms with E-state index in [0.717, 1.165) is 27.7 Å². The molecule has 4 amide bonds. The van der Waals surface area contributed by atoms with Crippen LogP contribution in [0.25, 0.3) is 0 Å². The summed E-state index contributed by atoms with van der Waals surface area (Å²) in [4.78, 5) is 62.8. The quantitative estimate of drug-likeness (QED) is 0.0309. The van der Waals surface area contributed by atoms with Crippen LogP contribution >= 0.6 is 0 Å². The molecule has 0 unspecified atom stereocenters. The van der Waals surface area contributed by atoms with E-state index in [4.69, 9.17) is 51.9 Å². The van der Waals surface area contributed by atoms with Gasteiger partial charge in [-0.25, -0.2) is 8.98 Å². The number of nitrogens with one attached hydrogen (secondary N) is 4. The summed E-state index contributed by atoms with van der Waals surface area (Å²) < 4.78 is 92.7. The molecule has 0 spiro atoms. The highest BCUT2D eigenvalue weighted by Gasteiger charge is 2.61. The lowest BCUT2D eigenvalue weighted by Gasteiger charge is -2.51. The largest absolute Gasteiger partial charge is 0.477 e. The van der Waals surface area contributed by atoms with Crippen molar-refractivity contribution in [3.05, 3.63) is 0 Å². The van der Waals surface area contributed by atoms with Crippen LogP contribution in [-0.2, 0) is 85.9 Å². The molecule has 516 valence electrons. The van der Waals surface area contributed by atoms with Crippen LogP contribution in [0.3, 0.4) is 0 Å². The van der Waals surface area contributed by atoms with Crippen LogP contribution in [0.1, 0.15) is 34.1 Å². The molecule has 5 fully saturated rings. The minimum Gasteiger partial charge on any atom is -0.477 e. The summed E-state index contributed by atoms with van der Waals surface area (Å²) in [6.45, 7) is -4.25. The first-order valence-electron chi connectivity index (χ1n) is 27.3. The molecule has 89 heavy (non-hydrogen) atoms. The third-order valence-electron chi connectivity index (χ3n) is 14.8. The molecule has 0 radical (unpaired) electrons. The number of rotatable bonds is 29. The SMILES string of the molecule is CC(=O)N[C@H]1[C@H](OC[C@@H](O)[C@H](O)[C@H](O[C@@H]2O[C@H](CO)[C@@H](O[C@@H]3O[C@H](CO)[C@H](O)[C@H](O[C@]4(C(=O)O)C[C@H](O)[C@@H](NC(C)=O)[C@H]([C@H](O)[C@H](O)CO)O4)[C@H]3O)[C@H](O)[C@H]2NC(C)=O)[C@H](CO)NC(C)=O)O[C@H](CO)[C@@H](O[C@@H]2O[C@H](COS(=O)(=O)O)[C@H](O)[C@H](O)[C@H]2O)[C@@H]1O. The van der Waals surface area contributed by atoms with Gasteiger partial charge in [0.1, 0.15) is 134 Å². The van der Waals surface area contributed by atoms with Crippen molar-refractivity contribution in [3.8, 4) is 0 Å². The van der Waals surface area contributed by atoms with Crippen molar-refractivity contribution >= 4 is 40.0 Å². The monoisotopic (exact) mass is 1320 g/mol. The Balaban J connectivity index is 1.39. The van der Waals surface area contributed by atoms with Crippen LogP contribution in [0.5, 0.6) is 0 Å². The summed E-state index contributed by atoms with van der Waals surface area (Å²) in [5, 5.41) is 205. The van der Waals surface area contributed by atoms with Crippen molar-refractivity contribution in [3.63, 3.8) is 0 Å². The first kappa shape index (κ1) is 75.9. The third kappa shape index (κ3) is 18.7. The number of amides is 4. The van der Waals surface area contributed by atoms with Gasteiger partial charge in [0, 0.05) is 34.1 Å². The van der Waals surface area contributed by atoms with Crippen LogP contribution < -0.4 is 21.3 Å². The van der Waals surface area contributed by atoms with Gasteiger partial charge in [0.15, 0.2) is 25.2 Å². The molecular weight excluding hydrogens is 1240 g/mol. The maximum absolute atomic E-state index is 13.1. The fraction of sp³-hybridized carbons (Fsp3) is 0.894. The molecular formula is C47H80N4O37S. The molecule has 5 rings (SSSR count). The van der Waals surface area contributed by atoms with Gasteiger partial charge in [0.05, 0.1) is 64.4 Å². The molecule has 0 aliphatic carbocycles. The molecule has 23 N–H and O–H groups in total. The standard InChI is InChI=1S/C47H80N4O37S/c1-13(57)48-17(6-52)37(29(65)20(63)11-78-42-26(50-15(3)59)32(68)38(22(9-55)81-42)85-44-35(71)34(70)30(66)24(83-44)12-79-89(75,76)77)84-43-27(51-16(4)60)33(69)39(23(10-56)82-43)86-45-36(72)41(31(67)21(8-54)80-45)88-47(46(73)74)5-18(61)25(49-14(2)58)40(87-47)28(64)19(62)7-53/h17-45,52-56,61-72H,5-12H2,1-4H3,(H,48,57)(H,49,58)(H,50,59)(H,51,60)(H,73,74)(H,75,76,77)/t17-,18-,19+,20+,21+,22+,23+,24+,25+,26+,27+,28+,29-,30-,31-,32+,33+,34-,35+,36+,37+,38+,39+,40+,41-,42+,43-,44-,45-,47-/m0/s1. The number of aliphatic hydroxyl groups excluding tert-OH is 17. The minimum atomic E-state index is -5.14. The molecule has 0 aromatic heterocycles. The summed E-state index contributed by atoms with van der Waals surface area (Å²) in [7, 11) is -5.14. The zero-order valence-corrected chi connectivity index (χ0v) is 48.5. The second kappa shape index (κ2) is 32.8. The molecule has 5 aliphatic rings. The Labute approximate surface area is 504 Å². The zero-order valence-electron chi connectivity index (χ0n) is 47.7. The average molecular weight is 1330 g/mol. The van der Waals surface area contributed by atoms with E-state index in [0.29, 0.717) is 0 Å². The molecule has 42 heteroatoms. The maximum atomic E-state index is 13.1. The molecule has 5 saturated heterocycles. The fourth-order valence-corrected chi connectivity index (χ4v) is 10.8. The number of carbonyl (C=O) groups excluding carboxylic acids is 4. The van der Waals surface area contributed by atoms with Gasteiger partial charge in [-0.15, -0.1) is 0 Å². The number of aliphatic carboxylic acids is 1. The summed E-state index contributed by atoms with van der Waals surface area (Å²) in [5.74, 6) is -8.96. The Kier molecular flexibility index (Phi) is 28.0. The van der Waals surface area contributed by atoms with Gasteiger partial charge in [-0.05, 0) is 0 Å². The highest BCUT2D eigenvalue weighted by atomic mass is 32.3. The first-order chi connectivity index (χ1) is 41.6. The van der Waals surface area contributed by atoms with Crippen LogP contribution in [-0.4, -0.2) is 364 Å². The Morgan fingerprint density at radius 1 is 0.573 bits per heavy atom. The first-order valence-corrected chi connectivity index (χ1v) is 28.7. The molecule has 0 aromatic carbocycles. The minimum absolute atomic E-state index is 0.847. The number of carboxylic acid groups (broad SMARTS) is 1. The zero-order chi connectivity index (χ0) is 66.9. The van der Waals surface area contributed by atoms with E-state index >= 15 is 0 Å². The maximum Gasteiger partial charge on any atom is 0.397 e. The average Bonchev–Trinajstić information content (AvgIpc) is 0.913. The molecule has 0 bridgehead atoms. The Hall–Kier alpha value is -3.86. The summed E-state index contributed by atoms with van der Waals surface area (Å²) in [5.41, 5.74) is 0. The fourth-order valence-electron chi connectivity index (χ4n) is 10.5. The van der Waals surface area contributed by atoms with E-state index in [1.165, 1.54) is 0 Å². The topological polar surface area (TPSA) is 654 Å². The molecule has 0 aromatic rings. The molecule has 30 atom stereocenters. The number of hydrogen-bond donors (Lipinski definition) is 23. The number of ether oxygens (including phenoxy) is 10. The number of aliphatic hydroxyl groups is 17. The normalized spacial score (nSPS) is 39.9. The third-order valence-corrected chi connectivity index (χ3v) is 15.3. The molecule has 0 saturated carbocycles. The van der Waals surface area contributed by atoms with Crippen LogP contribution in [0.2, 0.25) is 0 Å². The van der Waals surface area contributed by atoms with E-state index in [-0.39, 0.29) is 0 Å².